The van der Waals surface area contributed by atoms with Crippen LogP contribution in [0.25, 0.3) is 32.9 Å². The van der Waals surface area contributed by atoms with Crippen LogP contribution >= 0.6 is 11.3 Å². The number of aromatic amines is 1. The van der Waals surface area contributed by atoms with Crippen LogP contribution in [-0.4, -0.2) is 31.7 Å². The molecule has 1 aliphatic carbocycles. The molecule has 1 fully saturated rings. The van der Waals surface area contributed by atoms with E-state index in [1.165, 1.54) is 24.1 Å². The molecule has 0 amide bonds. The average molecular weight is 453 g/mol. The molecule has 0 bridgehead atoms. The van der Waals surface area contributed by atoms with Gasteiger partial charge in [-0.15, -0.1) is 11.3 Å². The third-order valence-electron chi connectivity index (χ3n) is 6.02. The summed E-state index contributed by atoms with van der Waals surface area (Å²) >= 11 is 1.67. The summed E-state index contributed by atoms with van der Waals surface area (Å²) < 4.78 is 1.07. The highest BCUT2D eigenvalue weighted by atomic mass is 32.1. The number of rotatable bonds is 8. The van der Waals surface area contributed by atoms with Crippen molar-refractivity contribution < 1.29 is 0 Å². The summed E-state index contributed by atoms with van der Waals surface area (Å²) in [7, 11) is 0. The van der Waals surface area contributed by atoms with Gasteiger partial charge in [0.25, 0.3) is 0 Å². The van der Waals surface area contributed by atoms with Gasteiger partial charge in [-0.05, 0) is 49.4 Å². The van der Waals surface area contributed by atoms with E-state index < -0.39 is 0 Å². The topological polar surface area (TPSA) is 79.4 Å². The van der Waals surface area contributed by atoms with Gasteiger partial charge in [0.1, 0.15) is 5.82 Å². The zero-order valence-corrected chi connectivity index (χ0v) is 19.0. The van der Waals surface area contributed by atoms with Gasteiger partial charge in [0.2, 0.25) is 0 Å². The Morgan fingerprint density at radius 2 is 1.88 bits per heavy atom. The first-order valence-electron chi connectivity index (χ1n) is 11.4. The Kier molecular flexibility index (Phi) is 5.32. The van der Waals surface area contributed by atoms with E-state index in [0.717, 1.165) is 52.2 Å². The van der Waals surface area contributed by atoms with Gasteiger partial charge in [0.15, 0.2) is 5.82 Å². The van der Waals surface area contributed by atoms with Gasteiger partial charge >= 0.3 is 0 Å². The number of pyridine rings is 1. The predicted octanol–water partition coefficient (Wildman–Crippen LogP) is 6.07. The number of fused-ring (bicyclic) bond motifs is 1. The maximum atomic E-state index is 4.97. The molecule has 0 radical (unpaired) electrons. The summed E-state index contributed by atoms with van der Waals surface area (Å²) in [6, 6.07) is 16.7. The van der Waals surface area contributed by atoms with Crippen molar-refractivity contribution in [3.8, 4) is 22.6 Å². The highest BCUT2D eigenvalue weighted by Gasteiger charge is 2.26. The first-order chi connectivity index (χ1) is 16.3. The summed E-state index contributed by atoms with van der Waals surface area (Å²) in [5.74, 6) is 2.22. The van der Waals surface area contributed by atoms with Gasteiger partial charge in [-0.3, -0.25) is 10.1 Å². The van der Waals surface area contributed by atoms with E-state index in [1.807, 2.05) is 12.1 Å². The number of H-pyrrole nitrogens is 1. The zero-order chi connectivity index (χ0) is 22.0. The molecule has 1 aliphatic rings. The maximum Gasteiger partial charge on any atom is 0.162 e. The van der Waals surface area contributed by atoms with Crippen molar-refractivity contribution in [3.05, 3.63) is 77.6 Å². The van der Waals surface area contributed by atoms with Crippen LogP contribution in [-0.2, 0) is 6.42 Å². The second-order valence-corrected chi connectivity index (χ2v) is 9.34. The number of hydrogen-bond acceptors (Lipinski definition) is 6. The fraction of sp³-hybridized carbons (Fsp3) is 0.231. The molecular weight excluding hydrogens is 428 g/mol. The summed E-state index contributed by atoms with van der Waals surface area (Å²) in [5.41, 5.74) is 6.50. The van der Waals surface area contributed by atoms with Crippen LogP contribution in [0.5, 0.6) is 0 Å². The third kappa shape index (κ3) is 4.24. The van der Waals surface area contributed by atoms with E-state index >= 15 is 0 Å². The SMILES string of the molecule is c1ccc(CCCNc2nc(-c3ccncc3)nc3c(-c4cc(C5CC5)[nH]n4)csc23)cc1. The molecule has 4 aromatic heterocycles. The molecule has 6 rings (SSSR count). The van der Waals surface area contributed by atoms with Crippen molar-refractivity contribution in [1.82, 2.24) is 25.1 Å². The highest BCUT2D eigenvalue weighted by molar-refractivity contribution is 7.18. The lowest BCUT2D eigenvalue weighted by atomic mass is 10.1. The second-order valence-electron chi connectivity index (χ2n) is 8.46. The molecule has 0 spiro atoms. The van der Waals surface area contributed by atoms with Crippen LogP contribution in [0.15, 0.2) is 66.3 Å². The first kappa shape index (κ1) is 20.1. The van der Waals surface area contributed by atoms with Crippen molar-refractivity contribution >= 4 is 27.4 Å². The number of thiophene rings is 1. The van der Waals surface area contributed by atoms with Crippen LogP contribution in [0, 0.1) is 0 Å². The highest BCUT2D eigenvalue weighted by Crippen LogP contribution is 2.42. The summed E-state index contributed by atoms with van der Waals surface area (Å²) in [4.78, 5) is 14.0. The van der Waals surface area contributed by atoms with Crippen molar-refractivity contribution in [2.45, 2.75) is 31.6 Å². The average Bonchev–Trinajstić information content (AvgIpc) is 3.44. The number of aryl methyl sites for hydroxylation is 1. The Morgan fingerprint density at radius 3 is 2.70 bits per heavy atom. The summed E-state index contributed by atoms with van der Waals surface area (Å²) in [5, 5.41) is 13.6. The lowest BCUT2D eigenvalue weighted by Gasteiger charge is -2.09. The van der Waals surface area contributed by atoms with Gasteiger partial charge in [-0.2, -0.15) is 5.10 Å². The van der Waals surface area contributed by atoms with Crippen LogP contribution in [0.3, 0.4) is 0 Å². The standard InChI is InChI=1S/C26H24N6S/c1-2-5-17(6-3-1)7-4-12-28-26-24-23(29-25(30-26)19-10-13-27-14-11-19)20(16-33-24)22-15-21(31-32-22)18-8-9-18/h1-3,5-6,10-11,13-16,18H,4,7-9,12H2,(H,31,32)(H,28,29,30). The van der Waals surface area contributed by atoms with Crippen molar-refractivity contribution in [3.63, 3.8) is 0 Å². The maximum absolute atomic E-state index is 4.97. The lowest BCUT2D eigenvalue weighted by molar-refractivity contribution is 0.860. The van der Waals surface area contributed by atoms with Crippen LogP contribution in [0.2, 0.25) is 0 Å². The number of hydrogen-bond donors (Lipinski definition) is 2. The number of benzene rings is 1. The molecule has 0 saturated heterocycles. The molecule has 5 aromatic rings. The second kappa shape index (κ2) is 8.75. The van der Waals surface area contributed by atoms with Gasteiger partial charge in [0, 0.05) is 47.1 Å². The Balaban J connectivity index is 1.33. The smallest absolute Gasteiger partial charge is 0.162 e. The van der Waals surface area contributed by atoms with E-state index in [9.17, 15) is 0 Å². The normalized spacial score (nSPS) is 13.5. The molecule has 6 nitrogen and oxygen atoms in total. The number of aromatic nitrogens is 5. The van der Waals surface area contributed by atoms with Crippen LogP contribution < -0.4 is 5.32 Å². The quantitative estimate of drug-likeness (QED) is 0.280. The van der Waals surface area contributed by atoms with Gasteiger partial charge in [-0.25, -0.2) is 9.97 Å². The molecule has 0 unspecified atom stereocenters. The van der Waals surface area contributed by atoms with Crippen LogP contribution in [0.1, 0.15) is 36.4 Å². The molecule has 1 aromatic carbocycles. The van der Waals surface area contributed by atoms with Crippen LogP contribution in [0.4, 0.5) is 5.82 Å². The number of nitrogens with one attached hydrogen (secondary N) is 2. The Hall–Kier alpha value is -3.58. The fourth-order valence-electron chi connectivity index (χ4n) is 4.07. The minimum absolute atomic E-state index is 0.639. The van der Waals surface area contributed by atoms with Gasteiger partial charge < -0.3 is 5.32 Å². The molecule has 33 heavy (non-hydrogen) atoms. The minimum Gasteiger partial charge on any atom is -0.369 e. The monoisotopic (exact) mass is 452 g/mol. The molecule has 164 valence electrons. The van der Waals surface area contributed by atoms with E-state index in [1.54, 1.807) is 23.7 Å². The van der Waals surface area contributed by atoms with Crippen molar-refractivity contribution in [1.29, 1.82) is 0 Å². The predicted molar refractivity (Wildman–Crippen MR) is 133 cm³/mol. The zero-order valence-electron chi connectivity index (χ0n) is 18.2. The lowest BCUT2D eigenvalue weighted by Crippen LogP contribution is -2.06. The van der Waals surface area contributed by atoms with E-state index in [2.05, 4.69) is 62.3 Å². The molecular formula is C26H24N6S. The number of nitrogens with zero attached hydrogens (tertiary/aromatic N) is 4. The first-order valence-corrected chi connectivity index (χ1v) is 12.3. The Morgan fingerprint density at radius 1 is 1.03 bits per heavy atom. The molecule has 4 heterocycles. The summed E-state index contributed by atoms with van der Waals surface area (Å²) in [6.07, 6.45) is 8.11. The Bertz CT molecular complexity index is 1370. The van der Waals surface area contributed by atoms with Gasteiger partial charge in [0.05, 0.1) is 15.9 Å². The van der Waals surface area contributed by atoms with Gasteiger partial charge in [-0.1, -0.05) is 30.3 Å². The van der Waals surface area contributed by atoms with E-state index in [4.69, 9.17) is 9.97 Å². The minimum atomic E-state index is 0.639. The van der Waals surface area contributed by atoms with E-state index in [0.29, 0.717) is 11.7 Å². The fourth-order valence-corrected chi connectivity index (χ4v) is 5.04. The number of anilines is 1. The molecule has 0 aliphatic heterocycles. The molecule has 7 heteroatoms. The molecule has 1 saturated carbocycles. The Labute approximate surface area is 196 Å². The molecule has 0 atom stereocenters. The third-order valence-corrected chi connectivity index (χ3v) is 7.00. The molecule has 2 N–H and O–H groups in total. The van der Waals surface area contributed by atoms with E-state index in [-0.39, 0.29) is 0 Å². The largest absolute Gasteiger partial charge is 0.369 e. The summed E-state index contributed by atoms with van der Waals surface area (Å²) in [6.45, 7) is 0.845. The van der Waals surface area contributed by atoms with Crippen molar-refractivity contribution in [2.75, 3.05) is 11.9 Å². The van der Waals surface area contributed by atoms with Crippen molar-refractivity contribution in [2.24, 2.45) is 0 Å².